The molecule has 0 unspecified atom stereocenters. The van der Waals surface area contributed by atoms with Crippen molar-refractivity contribution in [1.29, 1.82) is 0 Å². The summed E-state index contributed by atoms with van der Waals surface area (Å²) in [5.41, 5.74) is 1.80. The third-order valence-corrected chi connectivity index (χ3v) is 6.87. The summed E-state index contributed by atoms with van der Waals surface area (Å²) < 4.78 is 29.6. The normalized spacial score (nSPS) is 18.1. The van der Waals surface area contributed by atoms with Crippen molar-refractivity contribution < 1.29 is 18.4 Å². The van der Waals surface area contributed by atoms with Crippen molar-refractivity contribution >= 4 is 40.6 Å². The SMILES string of the molecule is CN1CCC(NC(=O)c2ccc(Nc3ncc4c(n3)N(c3ccccc3)CC(F)(F)C(=O)N4C)cc2)CC1. The predicted octanol–water partition coefficient (Wildman–Crippen LogP) is 3.79. The number of anilines is 5. The highest BCUT2D eigenvalue weighted by atomic mass is 19.3. The number of piperidine rings is 1. The van der Waals surface area contributed by atoms with Crippen LogP contribution in [0.3, 0.4) is 0 Å². The first-order valence-electron chi connectivity index (χ1n) is 12.4. The van der Waals surface area contributed by atoms with Gasteiger partial charge in [-0.05, 0) is 69.4 Å². The van der Waals surface area contributed by atoms with Gasteiger partial charge < -0.3 is 25.3 Å². The van der Waals surface area contributed by atoms with Gasteiger partial charge in [0.05, 0.1) is 12.7 Å². The number of nitrogens with one attached hydrogen (secondary N) is 2. The number of halogens is 2. The summed E-state index contributed by atoms with van der Waals surface area (Å²) >= 11 is 0. The number of carbonyl (C=O) groups excluding carboxylic acids is 2. The number of benzene rings is 2. The van der Waals surface area contributed by atoms with Gasteiger partial charge in [-0.1, -0.05) is 18.2 Å². The average molecular weight is 522 g/mol. The van der Waals surface area contributed by atoms with Gasteiger partial charge in [-0.15, -0.1) is 0 Å². The van der Waals surface area contributed by atoms with Gasteiger partial charge in [0.25, 0.3) is 11.8 Å². The van der Waals surface area contributed by atoms with Crippen LogP contribution in [0.5, 0.6) is 0 Å². The molecule has 0 aliphatic carbocycles. The Morgan fingerprint density at radius 1 is 1.03 bits per heavy atom. The van der Waals surface area contributed by atoms with E-state index in [-0.39, 0.29) is 29.4 Å². The molecular formula is C27H29F2N7O2. The zero-order valence-corrected chi connectivity index (χ0v) is 21.2. The molecule has 198 valence electrons. The largest absolute Gasteiger partial charge is 0.349 e. The maximum atomic E-state index is 14.8. The lowest BCUT2D eigenvalue weighted by atomic mass is 10.0. The van der Waals surface area contributed by atoms with Gasteiger partial charge in [0.15, 0.2) is 5.82 Å². The van der Waals surface area contributed by atoms with E-state index >= 15 is 0 Å². The van der Waals surface area contributed by atoms with E-state index < -0.39 is 18.4 Å². The molecule has 0 atom stereocenters. The number of alkyl halides is 2. The maximum absolute atomic E-state index is 14.8. The van der Waals surface area contributed by atoms with Gasteiger partial charge in [-0.2, -0.15) is 13.8 Å². The highest BCUT2D eigenvalue weighted by molar-refractivity contribution is 6.02. The van der Waals surface area contributed by atoms with Gasteiger partial charge >= 0.3 is 5.92 Å². The van der Waals surface area contributed by atoms with Crippen molar-refractivity contribution in [3.8, 4) is 0 Å². The van der Waals surface area contributed by atoms with Crippen molar-refractivity contribution in [3.05, 3.63) is 66.4 Å². The minimum atomic E-state index is -3.62. The lowest BCUT2D eigenvalue weighted by Crippen LogP contribution is -2.45. The highest BCUT2D eigenvalue weighted by Gasteiger charge is 2.47. The van der Waals surface area contributed by atoms with Crippen LogP contribution in [0.25, 0.3) is 0 Å². The van der Waals surface area contributed by atoms with Gasteiger partial charge in [0.2, 0.25) is 5.95 Å². The molecule has 5 rings (SSSR count). The Hall–Kier alpha value is -4.12. The Kier molecular flexibility index (Phi) is 6.94. The molecule has 2 N–H and O–H groups in total. The molecule has 9 nitrogen and oxygen atoms in total. The number of rotatable bonds is 5. The molecule has 2 aliphatic rings. The summed E-state index contributed by atoms with van der Waals surface area (Å²) in [4.78, 5) is 38.3. The van der Waals surface area contributed by atoms with Crippen molar-refractivity contribution in [2.45, 2.75) is 24.8 Å². The minimum absolute atomic E-state index is 0.125. The summed E-state index contributed by atoms with van der Waals surface area (Å²) in [5.74, 6) is -4.73. The van der Waals surface area contributed by atoms with E-state index in [1.165, 1.54) is 18.1 Å². The molecule has 1 saturated heterocycles. The lowest BCUT2D eigenvalue weighted by Gasteiger charge is -2.29. The van der Waals surface area contributed by atoms with E-state index in [0.717, 1.165) is 30.8 Å². The molecule has 11 heteroatoms. The van der Waals surface area contributed by atoms with Crippen LogP contribution in [0, 0.1) is 0 Å². The Labute approximate surface area is 219 Å². The first kappa shape index (κ1) is 25.5. The fourth-order valence-electron chi connectivity index (χ4n) is 4.63. The molecule has 2 amide bonds. The average Bonchev–Trinajstić information content (AvgIpc) is 2.99. The van der Waals surface area contributed by atoms with E-state index in [1.807, 2.05) is 0 Å². The molecule has 3 aromatic rings. The topological polar surface area (TPSA) is 93.7 Å². The van der Waals surface area contributed by atoms with Gasteiger partial charge in [-0.3, -0.25) is 9.59 Å². The van der Waals surface area contributed by atoms with Gasteiger partial charge in [0, 0.05) is 30.0 Å². The van der Waals surface area contributed by atoms with E-state index in [1.54, 1.807) is 54.6 Å². The van der Waals surface area contributed by atoms with Crippen LogP contribution < -0.4 is 20.4 Å². The van der Waals surface area contributed by atoms with Gasteiger partial charge in [-0.25, -0.2) is 4.98 Å². The molecule has 0 bridgehead atoms. The molecule has 38 heavy (non-hydrogen) atoms. The Morgan fingerprint density at radius 2 is 1.71 bits per heavy atom. The third kappa shape index (κ3) is 5.28. The molecule has 1 aromatic heterocycles. The fraction of sp³-hybridized carbons (Fsp3) is 0.333. The minimum Gasteiger partial charge on any atom is -0.349 e. The first-order chi connectivity index (χ1) is 18.2. The number of aromatic nitrogens is 2. The van der Waals surface area contributed by atoms with Crippen molar-refractivity contribution in [2.24, 2.45) is 0 Å². The molecule has 0 spiro atoms. The number of para-hydroxylation sites is 1. The molecule has 2 aromatic carbocycles. The van der Waals surface area contributed by atoms with E-state index in [9.17, 15) is 18.4 Å². The number of nitrogens with zero attached hydrogens (tertiary/aromatic N) is 5. The number of likely N-dealkylation sites (tertiary alicyclic amines) is 1. The van der Waals surface area contributed by atoms with E-state index in [4.69, 9.17) is 0 Å². The number of hydrogen-bond acceptors (Lipinski definition) is 7. The standard InChI is InChI=1S/C27H29F2N7O2/c1-34-14-12-20(13-15-34)31-24(37)18-8-10-19(11-9-18)32-26-30-16-22-23(33-26)36(21-6-4-3-5-7-21)17-27(28,29)25(38)35(22)2/h3-11,16,20H,12-15,17H2,1-2H3,(H,31,37)(H,30,32,33). The second kappa shape index (κ2) is 10.3. The van der Waals surface area contributed by atoms with Crippen LogP contribution in [0.4, 0.5) is 37.6 Å². The summed E-state index contributed by atoms with van der Waals surface area (Å²) in [7, 11) is 3.36. The second-order valence-electron chi connectivity index (χ2n) is 9.65. The number of carbonyl (C=O) groups is 2. The van der Waals surface area contributed by atoms with Crippen LogP contribution in [-0.2, 0) is 4.79 Å². The van der Waals surface area contributed by atoms with Crippen molar-refractivity contribution in [3.63, 3.8) is 0 Å². The van der Waals surface area contributed by atoms with Crippen molar-refractivity contribution in [2.75, 3.05) is 48.8 Å². The first-order valence-corrected chi connectivity index (χ1v) is 12.4. The quantitative estimate of drug-likeness (QED) is 0.528. The lowest BCUT2D eigenvalue weighted by molar-refractivity contribution is -0.140. The summed E-state index contributed by atoms with van der Waals surface area (Å²) in [6.07, 6.45) is 3.19. The summed E-state index contributed by atoms with van der Waals surface area (Å²) in [5, 5.41) is 6.16. The molecule has 1 fully saturated rings. The Morgan fingerprint density at radius 3 is 2.39 bits per heavy atom. The van der Waals surface area contributed by atoms with E-state index in [2.05, 4.69) is 32.5 Å². The summed E-state index contributed by atoms with van der Waals surface area (Å²) in [6, 6.07) is 15.6. The smallest absolute Gasteiger partial charge is 0.342 e. The molecular weight excluding hydrogens is 492 g/mol. The van der Waals surface area contributed by atoms with Crippen molar-refractivity contribution in [1.82, 2.24) is 20.2 Å². The fourth-order valence-corrected chi connectivity index (χ4v) is 4.63. The van der Waals surface area contributed by atoms with E-state index in [0.29, 0.717) is 16.9 Å². The number of amides is 2. The van der Waals surface area contributed by atoms with Crippen LogP contribution in [-0.4, -0.2) is 72.4 Å². The third-order valence-electron chi connectivity index (χ3n) is 6.87. The molecule has 0 radical (unpaired) electrons. The monoisotopic (exact) mass is 521 g/mol. The van der Waals surface area contributed by atoms with Crippen LogP contribution in [0.1, 0.15) is 23.2 Å². The molecule has 0 saturated carbocycles. The molecule has 3 heterocycles. The highest BCUT2D eigenvalue weighted by Crippen LogP contribution is 2.39. The van der Waals surface area contributed by atoms with Crippen LogP contribution in [0.15, 0.2) is 60.8 Å². The summed E-state index contributed by atoms with van der Waals surface area (Å²) in [6.45, 7) is 1.06. The Balaban J connectivity index is 1.36. The maximum Gasteiger partial charge on any atom is 0.342 e. The Bertz CT molecular complexity index is 1310. The number of fused-ring (bicyclic) bond motifs is 1. The van der Waals surface area contributed by atoms with Crippen LogP contribution >= 0.6 is 0 Å². The zero-order chi connectivity index (χ0) is 26.9. The van der Waals surface area contributed by atoms with Crippen LogP contribution in [0.2, 0.25) is 0 Å². The van der Waals surface area contributed by atoms with Gasteiger partial charge in [0.1, 0.15) is 5.69 Å². The number of hydrogen-bond donors (Lipinski definition) is 2. The zero-order valence-electron chi connectivity index (χ0n) is 21.2. The molecule has 2 aliphatic heterocycles. The second-order valence-corrected chi connectivity index (χ2v) is 9.65. The predicted molar refractivity (Wildman–Crippen MR) is 142 cm³/mol.